The topological polar surface area (TPSA) is 72.8 Å². The van der Waals surface area contributed by atoms with Gasteiger partial charge >= 0.3 is 0 Å². The Morgan fingerprint density at radius 2 is 2.25 bits per heavy atom. The third kappa shape index (κ3) is 3.42. The van der Waals surface area contributed by atoms with Gasteiger partial charge in [0.15, 0.2) is 0 Å². The summed E-state index contributed by atoms with van der Waals surface area (Å²) in [6, 6.07) is 4.08. The predicted octanol–water partition coefficient (Wildman–Crippen LogP) is 1.56. The van der Waals surface area contributed by atoms with E-state index in [2.05, 4.69) is 5.32 Å². The molecule has 1 aliphatic heterocycles. The molecule has 0 bridgehead atoms. The van der Waals surface area contributed by atoms with E-state index in [1.54, 1.807) is 4.90 Å². The van der Waals surface area contributed by atoms with Crippen molar-refractivity contribution in [3.8, 4) is 11.5 Å². The lowest BCUT2D eigenvalue weighted by atomic mass is 9.98. The van der Waals surface area contributed by atoms with Crippen LogP contribution in [-0.2, 0) is 0 Å². The number of phenols is 2. The zero-order valence-electron chi connectivity index (χ0n) is 11.8. The first-order valence-corrected chi connectivity index (χ1v) is 7.13. The molecule has 1 saturated heterocycles. The lowest BCUT2D eigenvalue weighted by molar-refractivity contribution is 0.0726. The average molecular weight is 278 g/mol. The van der Waals surface area contributed by atoms with E-state index in [4.69, 9.17) is 0 Å². The number of amides is 1. The molecule has 1 fully saturated rings. The molecule has 1 amide bonds. The molecular formula is C15H22N2O3. The first-order chi connectivity index (χ1) is 9.61. The molecule has 5 heteroatoms. The lowest BCUT2D eigenvalue weighted by Crippen LogP contribution is -2.41. The molecule has 0 aliphatic carbocycles. The molecule has 0 radical (unpaired) electrons. The molecule has 3 N–H and O–H groups in total. The Labute approximate surface area is 119 Å². The molecule has 5 nitrogen and oxygen atoms in total. The molecule has 1 atom stereocenters. The minimum absolute atomic E-state index is 0.0430. The van der Waals surface area contributed by atoms with Gasteiger partial charge in [0, 0.05) is 19.2 Å². The van der Waals surface area contributed by atoms with Crippen LogP contribution in [0.25, 0.3) is 0 Å². The predicted molar refractivity (Wildman–Crippen MR) is 76.9 cm³/mol. The van der Waals surface area contributed by atoms with Crippen molar-refractivity contribution < 1.29 is 15.0 Å². The minimum Gasteiger partial charge on any atom is -0.508 e. The maximum absolute atomic E-state index is 12.4. The minimum atomic E-state index is -0.185. The zero-order valence-corrected chi connectivity index (χ0v) is 11.8. The van der Waals surface area contributed by atoms with E-state index < -0.39 is 0 Å². The molecule has 110 valence electrons. The monoisotopic (exact) mass is 278 g/mol. The van der Waals surface area contributed by atoms with E-state index >= 15 is 0 Å². The van der Waals surface area contributed by atoms with Crippen LogP contribution in [0.4, 0.5) is 0 Å². The summed E-state index contributed by atoms with van der Waals surface area (Å²) in [6.07, 6.45) is 2.26. The van der Waals surface area contributed by atoms with Gasteiger partial charge in [0.05, 0.1) is 5.56 Å². The average Bonchev–Trinajstić information content (AvgIpc) is 2.45. The Morgan fingerprint density at radius 1 is 1.45 bits per heavy atom. The summed E-state index contributed by atoms with van der Waals surface area (Å²) in [7, 11) is 0. The van der Waals surface area contributed by atoms with Crippen molar-refractivity contribution in [2.24, 2.45) is 5.92 Å². The molecule has 1 aliphatic rings. The number of aromatic hydroxyl groups is 2. The summed E-state index contributed by atoms with van der Waals surface area (Å²) in [5.74, 6) is 0.0660. The number of carbonyl (C=O) groups is 1. The van der Waals surface area contributed by atoms with Crippen LogP contribution in [0, 0.1) is 5.92 Å². The van der Waals surface area contributed by atoms with Crippen molar-refractivity contribution in [2.75, 3.05) is 26.2 Å². The third-order valence-electron chi connectivity index (χ3n) is 3.76. The van der Waals surface area contributed by atoms with E-state index in [1.165, 1.54) is 18.2 Å². The van der Waals surface area contributed by atoms with Crippen LogP contribution >= 0.6 is 0 Å². The van der Waals surface area contributed by atoms with Crippen LogP contribution in [-0.4, -0.2) is 47.2 Å². The number of phenolic OH excluding ortho intramolecular Hbond substituents is 2. The normalized spacial score (nSPS) is 18.8. The van der Waals surface area contributed by atoms with E-state index in [0.29, 0.717) is 19.0 Å². The van der Waals surface area contributed by atoms with Gasteiger partial charge in [0.1, 0.15) is 11.5 Å². The third-order valence-corrected chi connectivity index (χ3v) is 3.76. The first kappa shape index (κ1) is 14.7. The second-order valence-electron chi connectivity index (χ2n) is 5.26. The summed E-state index contributed by atoms with van der Waals surface area (Å²) >= 11 is 0. The van der Waals surface area contributed by atoms with Crippen molar-refractivity contribution in [2.45, 2.75) is 19.8 Å². The first-order valence-electron chi connectivity index (χ1n) is 7.13. The van der Waals surface area contributed by atoms with Crippen molar-refractivity contribution in [3.63, 3.8) is 0 Å². The molecule has 1 aromatic rings. The molecular weight excluding hydrogens is 256 g/mol. The number of nitrogens with zero attached hydrogens (tertiary/aromatic N) is 1. The number of rotatable bonds is 4. The Morgan fingerprint density at radius 3 is 2.85 bits per heavy atom. The highest BCUT2D eigenvalue weighted by molar-refractivity contribution is 5.97. The van der Waals surface area contributed by atoms with Gasteiger partial charge in [-0.05, 0) is 50.9 Å². The number of hydrogen-bond donors (Lipinski definition) is 3. The fourth-order valence-electron chi connectivity index (χ4n) is 2.62. The fraction of sp³-hybridized carbons (Fsp3) is 0.533. The van der Waals surface area contributed by atoms with Crippen molar-refractivity contribution in [3.05, 3.63) is 23.8 Å². The van der Waals surface area contributed by atoms with Gasteiger partial charge in [-0.2, -0.15) is 0 Å². The van der Waals surface area contributed by atoms with Gasteiger partial charge in [-0.25, -0.2) is 0 Å². The second kappa shape index (κ2) is 6.61. The quantitative estimate of drug-likeness (QED) is 0.781. The Bertz CT molecular complexity index is 470. The van der Waals surface area contributed by atoms with E-state index in [1.807, 2.05) is 6.92 Å². The standard InChI is InChI=1S/C15H22N2O3/c1-2-17(10-11-4-3-7-16-9-11)15(20)13-6-5-12(18)8-14(13)19/h5-6,8,11,16,18-19H,2-4,7,9-10H2,1H3. The molecule has 0 saturated carbocycles. The maximum Gasteiger partial charge on any atom is 0.257 e. The van der Waals surface area contributed by atoms with Crippen LogP contribution in [0.3, 0.4) is 0 Å². The summed E-state index contributed by atoms with van der Waals surface area (Å²) in [4.78, 5) is 14.2. The summed E-state index contributed by atoms with van der Waals surface area (Å²) in [5, 5.41) is 22.4. The highest BCUT2D eigenvalue weighted by Crippen LogP contribution is 2.24. The molecule has 20 heavy (non-hydrogen) atoms. The molecule has 1 unspecified atom stereocenters. The SMILES string of the molecule is CCN(CC1CCCNC1)C(=O)c1ccc(O)cc1O. The molecule has 0 spiro atoms. The number of carbonyl (C=O) groups excluding carboxylic acids is 1. The van der Waals surface area contributed by atoms with Gasteiger partial charge in [-0.3, -0.25) is 4.79 Å². The van der Waals surface area contributed by atoms with Gasteiger partial charge < -0.3 is 20.4 Å². The highest BCUT2D eigenvalue weighted by Gasteiger charge is 2.22. The van der Waals surface area contributed by atoms with E-state index in [9.17, 15) is 15.0 Å². The van der Waals surface area contributed by atoms with Crippen molar-refractivity contribution in [1.29, 1.82) is 0 Å². The summed E-state index contributed by atoms with van der Waals surface area (Å²) < 4.78 is 0. The van der Waals surface area contributed by atoms with E-state index in [-0.39, 0.29) is 23.0 Å². The fourth-order valence-corrected chi connectivity index (χ4v) is 2.62. The van der Waals surface area contributed by atoms with Crippen LogP contribution in [0.2, 0.25) is 0 Å². The van der Waals surface area contributed by atoms with Crippen molar-refractivity contribution in [1.82, 2.24) is 10.2 Å². The van der Waals surface area contributed by atoms with Gasteiger partial charge in [-0.15, -0.1) is 0 Å². The van der Waals surface area contributed by atoms with Crippen molar-refractivity contribution >= 4 is 5.91 Å². The Hall–Kier alpha value is -1.75. The summed E-state index contributed by atoms with van der Waals surface area (Å²) in [6.45, 7) is 5.23. The number of benzene rings is 1. The number of piperidine rings is 1. The second-order valence-corrected chi connectivity index (χ2v) is 5.26. The lowest BCUT2D eigenvalue weighted by Gasteiger charge is -2.29. The summed E-state index contributed by atoms with van der Waals surface area (Å²) in [5.41, 5.74) is 0.244. The number of nitrogens with one attached hydrogen (secondary N) is 1. The Balaban J connectivity index is 2.07. The van der Waals surface area contributed by atoms with Gasteiger partial charge in [0.25, 0.3) is 5.91 Å². The van der Waals surface area contributed by atoms with Crippen LogP contribution < -0.4 is 5.32 Å². The molecule has 1 aromatic carbocycles. The van der Waals surface area contributed by atoms with Crippen LogP contribution in [0.1, 0.15) is 30.1 Å². The maximum atomic E-state index is 12.4. The number of hydrogen-bond acceptors (Lipinski definition) is 4. The molecule has 2 rings (SSSR count). The highest BCUT2D eigenvalue weighted by atomic mass is 16.3. The zero-order chi connectivity index (χ0) is 14.5. The van der Waals surface area contributed by atoms with Gasteiger partial charge in [-0.1, -0.05) is 0 Å². The molecule has 0 aromatic heterocycles. The largest absolute Gasteiger partial charge is 0.508 e. The van der Waals surface area contributed by atoms with Gasteiger partial charge in [0.2, 0.25) is 0 Å². The Kier molecular flexibility index (Phi) is 4.84. The smallest absolute Gasteiger partial charge is 0.257 e. The molecule has 1 heterocycles. The van der Waals surface area contributed by atoms with E-state index in [0.717, 1.165) is 25.9 Å². The van der Waals surface area contributed by atoms with Crippen LogP contribution in [0.5, 0.6) is 11.5 Å². The van der Waals surface area contributed by atoms with Crippen LogP contribution in [0.15, 0.2) is 18.2 Å².